The van der Waals surface area contributed by atoms with Crippen LogP contribution in [0.2, 0.25) is 0 Å². The van der Waals surface area contributed by atoms with Crippen LogP contribution in [0.4, 0.5) is 0 Å². The molecule has 0 rings (SSSR count). The van der Waals surface area contributed by atoms with E-state index in [4.69, 9.17) is 37.0 Å². The van der Waals surface area contributed by atoms with Crippen LogP contribution in [0, 0.1) is 11.8 Å². The van der Waals surface area contributed by atoms with E-state index in [1.54, 1.807) is 0 Å². The highest BCUT2D eigenvalue weighted by Crippen LogP contribution is 2.45. The van der Waals surface area contributed by atoms with Gasteiger partial charge in [0.1, 0.15) is 19.3 Å². The highest BCUT2D eigenvalue weighted by molar-refractivity contribution is 7.47. The van der Waals surface area contributed by atoms with Crippen molar-refractivity contribution in [2.75, 3.05) is 39.6 Å². The van der Waals surface area contributed by atoms with Crippen molar-refractivity contribution in [3.05, 3.63) is 0 Å². The molecule has 0 aromatic carbocycles. The first-order valence-electron chi connectivity index (χ1n) is 45.5. The Labute approximate surface area is 658 Å². The number of phosphoric ester groups is 2. The van der Waals surface area contributed by atoms with Gasteiger partial charge in [-0.25, -0.2) is 9.13 Å². The molecule has 3 unspecified atom stereocenters. The number of carbonyl (C=O) groups excluding carboxylic acids is 4. The molecule has 0 fully saturated rings. The minimum absolute atomic E-state index is 0.106. The van der Waals surface area contributed by atoms with Crippen LogP contribution < -0.4 is 0 Å². The van der Waals surface area contributed by atoms with Crippen LogP contribution in [0.15, 0.2) is 0 Å². The molecule has 0 heterocycles. The first-order valence-corrected chi connectivity index (χ1v) is 48.5. The van der Waals surface area contributed by atoms with E-state index in [0.717, 1.165) is 102 Å². The van der Waals surface area contributed by atoms with Gasteiger partial charge in [-0.1, -0.05) is 420 Å². The van der Waals surface area contributed by atoms with Gasteiger partial charge in [-0.05, 0) is 37.5 Å². The van der Waals surface area contributed by atoms with Crippen molar-refractivity contribution >= 4 is 39.5 Å². The Balaban J connectivity index is 5.24. The fourth-order valence-corrected chi connectivity index (χ4v) is 15.3. The molecule has 3 N–H and O–H groups in total. The molecule has 19 heteroatoms. The number of aliphatic hydroxyl groups is 1. The lowest BCUT2D eigenvalue weighted by Gasteiger charge is -2.21. The average Bonchev–Trinajstić information content (AvgIpc) is 0.910. The molecule has 107 heavy (non-hydrogen) atoms. The van der Waals surface area contributed by atoms with Gasteiger partial charge in [-0.3, -0.25) is 37.3 Å². The summed E-state index contributed by atoms with van der Waals surface area (Å²) in [5.41, 5.74) is 0. The first-order chi connectivity index (χ1) is 51.9. The third-order valence-electron chi connectivity index (χ3n) is 21.1. The monoisotopic (exact) mass is 1560 g/mol. The molecule has 0 aliphatic carbocycles. The summed E-state index contributed by atoms with van der Waals surface area (Å²) < 4.78 is 69.0. The van der Waals surface area contributed by atoms with Crippen LogP contribution in [-0.2, 0) is 65.4 Å². The summed E-state index contributed by atoms with van der Waals surface area (Å²) in [5.74, 6) is -0.559. The number of aliphatic hydroxyl groups excluding tert-OH is 1. The summed E-state index contributed by atoms with van der Waals surface area (Å²) in [5, 5.41) is 10.7. The van der Waals surface area contributed by atoms with E-state index in [2.05, 4.69) is 41.5 Å². The molecule has 6 atom stereocenters. The van der Waals surface area contributed by atoms with Crippen LogP contribution in [0.1, 0.15) is 472 Å². The number of unbranched alkanes of at least 4 members (excludes halogenated alkanes) is 56. The van der Waals surface area contributed by atoms with Gasteiger partial charge in [-0.15, -0.1) is 0 Å². The molecule has 0 aromatic heterocycles. The van der Waals surface area contributed by atoms with Gasteiger partial charge in [0.2, 0.25) is 0 Å². The smallest absolute Gasteiger partial charge is 0.462 e. The molecule has 0 radical (unpaired) electrons. The molecule has 636 valence electrons. The summed E-state index contributed by atoms with van der Waals surface area (Å²) in [6.07, 6.45) is 72.3. The van der Waals surface area contributed by atoms with E-state index in [1.165, 1.54) is 289 Å². The number of esters is 4. The predicted octanol–water partition coefficient (Wildman–Crippen LogP) is 27.0. The fraction of sp³-hybridized carbons (Fsp3) is 0.955. The zero-order chi connectivity index (χ0) is 78.5. The Kier molecular flexibility index (Phi) is 77.9. The molecule has 0 saturated heterocycles. The van der Waals surface area contributed by atoms with Gasteiger partial charge in [0.25, 0.3) is 0 Å². The van der Waals surface area contributed by atoms with Gasteiger partial charge in [0, 0.05) is 25.7 Å². The highest BCUT2D eigenvalue weighted by Gasteiger charge is 2.31. The highest BCUT2D eigenvalue weighted by atomic mass is 31.2. The molecule has 0 saturated carbocycles. The molecule has 0 aliphatic heterocycles. The van der Waals surface area contributed by atoms with Crippen LogP contribution >= 0.6 is 15.6 Å². The third kappa shape index (κ3) is 80.5. The maximum absolute atomic E-state index is 13.2. The van der Waals surface area contributed by atoms with Crippen molar-refractivity contribution in [2.45, 2.75) is 490 Å². The summed E-state index contributed by atoms with van der Waals surface area (Å²) in [6.45, 7) is 9.68. The van der Waals surface area contributed by atoms with Crippen molar-refractivity contribution < 1.29 is 80.2 Å². The predicted molar refractivity (Wildman–Crippen MR) is 442 cm³/mol. The molecule has 0 spiro atoms. The van der Waals surface area contributed by atoms with Gasteiger partial charge in [-0.2, -0.15) is 0 Å². The third-order valence-corrected chi connectivity index (χ3v) is 23.0. The molecule has 0 aromatic rings. The number of phosphoric acid groups is 2. The number of hydrogen-bond donors (Lipinski definition) is 3. The minimum Gasteiger partial charge on any atom is -0.462 e. The number of hydrogen-bond acceptors (Lipinski definition) is 15. The number of carbonyl (C=O) groups is 4. The lowest BCUT2D eigenvalue weighted by Crippen LogP contribution is -2.30. The van der Waals surface area contributed by atoms with Gasteiger partial charge in [0.05, 0.1) is 26.4 Å². The Morgan fingerprint density at radius 3 is 0.710 bits per heavy atom. The standard InChI is InChI=1S/C88H172O17P2/c1-7-10-12-14-16-18-20-22-24-26-28-29-30-32-34-36-38-42-46-54-60-66-72-87(92)104-83(76-98-85(90)70-64-58-52-45-41-37-35-33-31-27-25-23-21-19-17-15-13-11-8-2)78-102-106(94,95)100-74-82(89)75-101-107(96,97)103-79-84(77-99-86(91)71-65-59-53-49-48-51-57-63-69-81(6)9-3)105-88(93)73-67-61-55-47-43-39-40-44-50-56-62-68-80(4)5/h80-84,89H,7-79H2,1-6H3,(H,94,95)(H,96,97)/t81?,82-,83-,84-/m1/s1. The van der Waals surface area contributed by atoms with Crippen LogP contribution in [0.3, 0.4) is 0 Å². The lowest BCUT2D eigenvalue weighted by atomic mass is 9.99. The second-order valence-corrected chi connectivity index (χ2v) is 35.3. The van der Waals surface area contributed by atoms with Gasteiger partial charge in [0.15, 0.2) is 12.2 Å². The zero-order valence-electron chi connectivity index (χ0n) is 70.5. The lowest BCUT2D eigenvalue weighted by molar-refractivity contribution is -0.161. The Hall–Kier alpha value is -1.94. The Bertz CT molecular complexity index is 2050. The van der Waals surface area contributed by atoms with E-state index in [1.807, 2.05) is 0 Å². The number of rotatable bonds is 87. The SMILES string of the molecule is CCCCCCCCCCCCCCCCCCCCCCCCC(=O)O[C@H](COC(=O)CCCCCCCCCCCCCCCCCCCCC)COP(=O)(O)OC[C@@H](O)COP(=O)(O)OC[C@@H](COC(=O)CCCCCCCCCCC(C)CC)OC(=O)CCCCCCCCCCCCCC(C)C. The van der Waals surface area contributed by atoms with Gasteiger partial charge < -0.3 is 33.8 Å². The summed E-state index contributed by atoms with van der Waals surface area (Å²) >= 11 is 0. The molecule has 17 nitrogen and oxygen atoms in total. The zero-order valence-corrected chi connectivity index (χ0v) is 72.2. The van der Waals surface area contributed by atoms with Crippen LogP contribution in [-0.4, -0.2) is 96.7 Å². The minimum atomic E-state index is -4.97. The van der Waals surface area contributed by atoms with E-state index in [0.29, 0.717) is 25.7 Å². The van der Waals surface area contributed by atoms with Crippen molar-refractivity contribution in [1.29, 1.82) is 0 Å². The average molecular weight is 1560 g/mol. The second-order valence-electron chi connectivity index (χ2n) is 32.4. The van der Waals surface area contributed by atoms with Crippen molar-refractivity contribution in [1.82, 2.24) is 0 Å². The van der Waals surface area contributed by atoms with E-state index in [9.17, 15) is 43.2 Å². The summed E-state index contributed by atoms with van der Waals surface area (Å²) in [6, 6.07) is 0. The molecular formula is C88H172O17P2. The molecule has 0 bridgehead atoms. The summed E-state index contributed by atoms with van der Waals surface area (Å²) in [4.78, 5) is 73.3. The van der Waals surface area contributed by atoms with Crippen molar-refractivity contribution in [2.24, 2.45) is 11.8 Å². The summed E-state index contributed by atoms with van der Waals surface area (Å²) in [7, 11) is -9.93. The molecular weight excluding hydrogens is 1390 g/mol. The largest absolute Gasteiger partial charge is 0.472 e. The second kappa shape index (κ2) is 79.3. The van der Waals surface area contributed by atoms with E-state index in [-0.39, 0.29) is 25.7 Å². The van der Waals surface area contributed by atoms with Crippen LogP contribution in [0.5, 0.6) is 0 Å². The quantitative estimate of drug-likeness (QED) is 0.0222. The topological polar surface area (TPSA) is 237 Å². The van der Waals surface area contributed by atoms with Crippen molar-refractivity contribution in [3.63, 3.8) is 0 Å². The molecule has 0 amide bonds. The Morgan fingerprint density at radius 2 is 0.477 bits per heavy atom. The maximum atomic E-state index is 13.2. The normalized spacial score (nSPS) is 14.0. The van der Waals surface area contributed by atoms with Gasteiger partial charge >= 0.3 is 39.5 Å². The van der Waals surface area contributed by atoms with E-state index < -0.39 is 97.5 Å². The Morgan fingerprint density at radius 1 is 0.271 bits per heavy atom. The fourth-order valence-electron chi connectivity index (χ4n) is 13.7. The number of ether oxygens (including phenoxy) is 4. The maximum Gasteiger partial charge on any atom is 0.472 e. The van der Waals surface area contributed by atoms with Crippen LogP contribution in [0.25, 0.3) is 0 Å². The van der Waals surface area contributed by atoms with E-state index >= 15 is 0 Å². The molecule has 0 aliphatic rings. The first kappa shape index (κ1) is 105. The van der Waals surface area contributed by atoms with Crippen molar-refractivity contribution in [3.8, 4) is 0 Å².